The van der Waals surface area contributed by atoms with Crippen molar-refractivity contribution in [3.63, 3.8) is 0 Å². The van der Waals surface area contributed by atoms with Crippen LogP contribution in [0.5, 0.6) is 0 Å². The summed E-state index contributed by atoms with van der Waals surface area (Å²) in [5.41, 5.74) is 0.114. The molecule has 1 aliphatic heterocycles. The van der Waals surface area contributed by atoms with Gasteiger partial charge in [-0.25, -0.2) is 0 Å². The molecular formula is C8H16O3S. The topological polar surface area (TPSA) is 35.5 Å². The van der Waals surface area contributed by atoms with Gasteiger partial charge in [-0.2, -0.15) is 4.21 Å². The second kappa shape index (κ2) is 4.35. The normalized spacial score (nSPS) is 36.7. The molecule has 0 N–H and O–H groups in total. The summed E-state index contributed by atoms with van der Waals surface area (Å²) in [5.74, 6) is 0. The van der Waals surface area contributed by atoms with Gasteiger partial charge in [0.1, 0.15) is 0 Å². The lowest BCUT2D eigenvalue weighted by Gasteiger charge is -2.34. The predicted molar refractivity (Wildman–Crippen MR) is 47.7 cm³/mol. The maximum absolute atomic E-state index is 10.7. The van der Waals surface area contributed by atoms with Crippen molar-refractivity contribution in [1.29, 1.82) is 0 Å². The monoisotopic (exact) mass is 192 g/mol. The van der Waals surface area contributed by atoms with Crippen LogP contribution in [0.1, 0.15) is 33.1 Å². The quantitative estimate of drug-likeness (QED) is 0.684. The Hall–Kier alpha value is 0.0700. The summed E-state index contributed by atoms with van der Waals surface area (Å²) in [6, 6.07) is 0. The van der Waals surface area contributed by atoms with Crippen LogP contribution in [-0.4, -0.2) is 17.4 Å². The summed E-state index contributed by atoms with van der Waals surface area (Å²) >= 11 is -1.49. The van der Waals surface area contributed by atoms with E-state index in [4.69, 9.17) is 8.37 Å². The highest BCUT2D eigenvalue weighted by molar-refractivity contribution is 7.75. The van der Waals surface area contributed by atoms with Gasteiger partial charge in [0, 0.05) is 5.41 Å². The smallest absolute Gasteiger partial charge is 0.268 e. The van der Waals surface area contributed by atoms with Gasteiger partial charge in [-0.3, -0.25) is 8.37 Å². The Bertz CT molecular complexity index is 160. The van der Waals surface area contributed by atoms with Crippen LogP contribution in [0, 0.1) is 5.41 Å². The van der Waals surface area contributed by atoms with Crippen molar-refractivity contribution in [2.24, 2.45) is 5.41 Å². The first-order chi connectivity index (χ1) is 5.72. The molecule has 0 atom stereocenters. The molecule has 0 aromatic heterocycles. The third kappa shape index (κ3) is 2.28. The third-order valence-corrected chi connectivity index (χ3v) is 3.07. The second-order valence-corrected chi connectivity index (χ2v) is 4.21. The Balaban J connectivity index is 2.50. The van der Waals surface area contributed by atoms with Crippen molar-refractivity contribution in [1.82, 2.24) is 0 Å². The zero-order chi connectivity index (χ0) is 9.03. The minimum Gasteiger partial charge on any atom is -0.268 e. The maximum Gasteiger partial charge on any atom is 0.304 e. The van der Waals surface area contributed by atoms with Crippen LogP contribution in [0.4, 0.5) is 0 Å². The van der Waals surface area contributed by atoms with Crippen molar-refractivity contribution < 1.29 is 12.6 Å². The molecule has 1 saturated heterocycles. The second-order valence-electron chi connectivity index (χ2n) is 3.33. The molecule has 0 aromatic carbocycles. The van der Waals surface area contributed by atoms with Crippen molar-refractivity contribution in [2.75, 3.05) is 13.2 Å². The first-order valence-corrected chi connectivity index (χ1v) is 5.41. The molecule has 1 rings (SSSR count). The lowest BCUT2D eigenvalue weighted by atomic mass is 9.82. The van der Waals surface area contributed by atoms with Gasteiger partial charge in [0.05, 0.1) is 13.2 Å². The lowest BCUT2D eigenvalue weighted by Crippen LogP contribution is -2.37. The molecule has 0 spiro atoms. The highest BCUT2D eigenvalue weighted by atomic mass is 32.2. The Morgan fingerprint density at radius 2 is 1.92 bits per heavy atom. The van der Waals surface area contributed by atoms with E-state index in [9.17, 15) is 4.21 Å². The van der Waals surface area contributed by atoms with Gasteiger partial charge in [0.15, 0.2) is 0 Å². The molecule has 1 heterocycles. The average Bonchev–Trinajstić information content (AvgIpc) is 2.10. The number of hydrogen-bond acceptors (Lipinski definition) is 3. The van der Waals surface area contributed by atoms with Gasteiger partial charge >= 0.3 is 11.4 Å². The molecule has 12 heavy (non-hydrogen) atoms. The van der Waals surface area contributed by atoms with E-state index in [0.29, 0.717) is 13.2 Å². The molecule has 0 bridgehead atoms. The molecule has 4 heteroatoms. The Kier molecular flexibility index (Phi) is 3.68. The molecule has 3 nitrogen and oxygen atoms in total. The first-order valence-electron chi connectivity index (χ1n) is 4.41. The maximum atomic E-state index is 10.7. The Labute approximate surface area is 76.3 Å². The summed E-state index contributed by atoms with van der Waals surface area (Å²) in [6.45, 7) is 5.41. The number of hydrogen-bond donors (Lipinski definition) is 0. The zero-order valence-electron chi connectivity index (χ0n) is 7.67. The minimum absolute atomic E-state index is 0.114. The first kappa shape index (κ1) is 10.2. The van der Waals surface area contributed by atoms with Crippen molar-refractivity contribution in [3.05, 3.63) is 0 Å². The van der Waals surface area contributed by atoms with E-state index in [2.05, 4.69) is 13.8 Å². The van der Waals surface area contributed by atoms with Gasteiger partial charge in [0.25, 0.3) is 0 Å². The molecule has 1 fully saturated rings. The fourth-order valence-corrected chi connectivity index (χ4v) is 2.24. The summed E-state index contributed by atoms with van der Waals surface area (Å²) in [6.07, 6.45) is 3.23. The van der Waals surface area contributed by atoms with Crippen molar-refractivity contribution in [2.45, 2.75) is 33.1 Å². The average molecular weight is 192 g/mol. The van der Waals surface area contributed by atoms with E-state index in [1.165, 1.54) is 0 Å². The van der Waals surface area contributed by atoms with Crippen molar-refractivity contribution in [3.8, 4) is 0 Å². The molecular weight excluding hydrogens is 176 g/mol. The van der Waals surface area contributed by atoms with Crippen LogP contribution in [0.25, 0.3) is 0 Å². The van der Waals surface area contributed by atoms with Crippen LogP contribution < -0.4 is 0 Å². The van der Waals surface area contributed by atoms with Gasteiger partial charge in [-0.15, -0.1) is 0 Å². The SMILES string of the molecule is CCCC1(CC)COS(=O)OC1. The van der Waals surface area contributed by atoms with Gasteiger partial charge in [0.2, 0.25) is 0 Å². The van der Waals surface area contributed by atoms with E-state index in [1.807, 2.05) is 0 Å². The molecule has 0 radical (unpaired) electrons. The minimum atomic E-state index is -1.49. The Morgan fingerprint density at radius 1 is 1.33 bits per heavy atom. The molecule has 0 unspecified atom stereocenters. The highest BCUT2D eigenvalue weighted by Crippen LogP contribution is 2.32. The van der Waals surface area contributed by atoms with Crippen LogP contribution in [-0.2, 0) is 19.7 Å². The number of rotatable bonds is 3. The van der Waals surface area contributed by atoms with E-state index in [-0.39, 0.29) is 5.41 Å². The van der Waals surface area contributed by atoms with Crippen LogP contribution >= 0.6 is 0 Å². The molecule has 0 amide bonds. The standard InChI is InChI=1S/C8H16O3S/c1-3-5-8(4-2)6-10-12(9)11-7-8/h3-7H2,1-2H3. The highest BCUT2D eigenvalue weighted by Gasteiger charge is 2.33. The fourth-order valence-electron chi connectivity index (χ4n) is 1.48. The summed E-state index contributed by atoms with van der Waals surface area (Å²) < 4.78 is 20.7. The van der Waals surface area contributed by atoms with E-state index in [1.54, 1.807) is 0 Å². The van der Waals surface area contributed by atoms with E-state index < -0.39 is 11.4 Å². The Morgan fingerprint density at radius 3 is 2.33 bits per heavy atom. The zero-order valence-corrected chi connectivity index (χ0v) is 8.49. The summed E-state index contributed by atoms with van der Waals surface area (Å²) in [7, 11) is 0. The van der Waals surface area contributed by atoms with E-state index >= 15 is 0 Å². The lowest BCUT2D eigenvalue weighted by molar-refractivity contribution is 0.0283. The third-order valence-electron chi connectivity index (χ3n) is 2.45. The molecule has 0 aromatic rings. The summed E-state index contributed by atoms with van der Waals surface area (Å²) in [4.78, 5) is 0. The van der Waals surface area contributed by atoms with Gasteiger partial charge < -0.3 is 0 Å². The van der Waals surface area contributed by atoms with Crippen LogP contribution in [0.15, 0.2) is 0 Å². The van der Waals surface area contributed by atoms with Gasteiger partial charge in [-0.05, 0) is 12.8 Å². The predicted octanol–water partition coefficient (Wildman–Crippen LogP) is 1.81. The summed E-state index contributed by atoms with van der Waals surface area (Å²) in [5, 5.41) is 0. The molecule has 0 aliphatic carbocycles. The van der Waals surface area contributed by atoms with Gasteiger partial charge in [-0.1, -0.05) is 20.3 Å². The molecule has 72 valence electrons. The fraction of sp³-hybridized carbons (Fsp3) is 1.00. The van der Waals surface area contributed by atoms with Crippen LogP contribution in [0.3, 0.4) is 0 Å². The molecule has 1 aliphatic rings. The molecule has 0 saturated carbocycles. The van der Waals surface area contributed by atoms with E-state index in [0.717, 1.165) is 19.3 Å². The largest absolute Gasteiger partial charge is 0.304 e. The van der Waals surface area contributed by atoms with Crippen molar-refractivity contribution >= 4 is 11.4 Å². The van der Waals surface area contributed by atoms with Crippen LogP contribution in [0.2, 0.25) is 0 Å².